The summed E-state index contributed by atoms with van der Waals surface area (Å²) in [5.74, 6) is -0.452. The molecular formula is C14H10BrClF3N. The maximum Gasteiger partial charge on any atom is 0.263 e. The Morgan fingerprint density at radius 2 is 1.95 bits per heavy atom. The van der Waals surface area contributed by atoms with Crippen molar-refractivity contribution >= 4 is 33.2 Å². The first kappa shape index (κ1) is 15.2. The minimum Gasteiger partial charge on any atom is -0.379 e. The van der Waals surface area contributed by atoms with E-state index in [4.69, 9.17) is 11.6 Å². The van der Waals surface area contributed by atoms with Gasteiger partial charge in [-0.1, -0.05) is 29.8 Å². The van der Waals surface area contributed by atoms with E-state index in [1.165, 1.54) is 24.3 Å². The number of benzene rings is 2. The van der Waals surface area contributed by atoms with Crippen LogP contribution in [0.1, 0.15) is 17.6 Å². The number of hydrogen-bond donors (Lipinski definition) is 1. The topological polar surface area (TPSA) is 12.0 Å². The van der Waals surface area contributed by atoms with Gasteiger partial charge in [0.15, 0.2) is 0 Å². The molecule has 0 amide bonds. The van der Waals surface area contributed by atoms with Gasteiger partial charge in [0, 0.05) is 16.6 Å². The Labute approximate surface area is 127 Å². The average Bonchev–Trinajstić information content (AvgIpc) is 2.37. The van der Waals surface area contributed by atoms with Gasteiger partial charge < -0.3 is 5.32 Å². The molecule has 0 aliphatic carbocycles. The Morgan fingerprint density at radius 3 is 2.60 bits per heavy atom. The monoisotopic (exact) mass is 363 g/mol. The lowest BCUT2D eigenvalue weighted by atomic mass is 10.1. The van der Waals surface area contributed by atoms with Crippen LogP contribution in [-0.2, 0) is 6.54 Å². The largest absolute Gasteiger partial charge is 0.379 e. The predicted octanol–water partition coefficient (Wildman–Crippen LogP) is 5.79. The predicted molar refractivity (Wildman–Crippen MR) is 77.8 cm³/mol. The fourth-order valence-corrected chi connectivity index (χ4v) is 2.70. The Bertz CT molecular complexity index is 596. The zero-order valence-corrected chi connectivity index (χ0v) is 12.5. The number of alkyl halides is 2. The van der Waals surface area contributed by atoms with Crippen molar-refractivity contribution in [2.24, 2.45) is 0 Å². The lowest BCUT2D eigenvalue weighted by molar-refractivity contribution is 0.151. The molecule has 0 fully saturated rings. The first-order valence-corrected chi connectivity index (χ1v) is 6.90. The smallest absolute Gasteiger partial charge is 0.263 e. The second-order valence-corrected chi connectivity index (χ2v) is 5.41. The molecule has 0 atom stereocenters. The molecule has 0 aliphatic heterocycles. The molecule has 0 bridgehead atoms. The van der Waals surface area contributed by atoms with E-state index in [1.54, 1.807) is 12.1 Å². The van der Waals surface area contributed by atoms with Gasteiger partial charge in [0.1, 0.15) is 5.82 Å². The second kappa shape index (κ2) is 6.50. The molecular weight excluding hydrogens is 355 g/mol. The van der Waals surface area contributed by atoms with Crippen molar-refractivity contribution < 1.29 is 13.2 Å². The third kappa shape index (κ3) is 3.67. The van der Waals surface area contributed by atoms with Crippen molar-refractivity contribution in [3.8, 4) is 0 Å². The third-order valence-corrected chi connectivity index (χ3v) is 3.60. The van der Waals surface area contributed by atoms with Gasteiger partial charge >= 0.3 is 0 Å². The minimum absolute atomic E-state index is 0.0337. The van der Waals surface area contributed by atoms with Gasteiger partial charge in [0.25, 0.3) is 6.43 Å². The summed E-state index contributed by atoms with van der Waals surface area (Å²) in [6.45, 7) is 0.310. The lowest BCUT2D eigenvalue weighted by Gasteiger charge is -2.11. The molecule has 1 nitrogen and oxygen atoms in total. The van der Waals surface area contributed by atoms with Crippen LogP contribution in [-0.4, -0.2) is 0 Å². The van der Waals surface area contributed by atoms with Crippen molar-refractivity contribution in [3.63, 3.8) is 0 Å². The summed E-state index contributed by atoms with van der Waals surface area (Å²) in [6, 6.07) is 8.55. The van der Waals surface area contributed by atoms with Crippen LogP contribution in [0.15, 0.2) is 40.9 Å². The van der Waals surface area contributed by atoms with Crippen LogP contribution in [0.25, 0.3) is 0 Å². The molecule has 2 aromatic carbocycles. The first-order valence-electron chi connectivity index (χ1n) is 5.73. The fourth-order valence-electron chi connectivity index (χ4n) is 1.74. The normalized spacial score (nSPS) is 10.9. The van der Waals surface area contributed by atoms with E-state index in [0.717, 1.165) is 0 Å². The summed E-state index contributed by atoms with van der Waals surface area (Å²) in [5, 5.41) is 3.22. The van der Waals surface area contributed by atoms with Gasteiger partial charge in [0.05, 0.1) is 10.7 Å². The molecule has 0 aliphatic rings. The molecule has 0 saturated heterocycles. The lowest BCUT2D eigenvalue weighted by Crippen LogP contribution is -2.02. The van der Waals surface area contributed by atoms with Crippen LogP contribution in [0.5, 0.6) is 0 Å². The highest BCUT2D eigenvalue weighted by Gasteiger charge is 2.09. The quantitative estimate of drug-likeness (QED) is 0.724. The Hall–Kier alpha value is -1.20. The van der Waals surface area contributed by atoms with Crippen molar-refractivity contribution in [2.45, 2.75) is 13.0 Å². The summed E-state index contributed by atoms with van der Waals surface area (Å²) < 4.78 is 38.8. The molecule has 0 heterocycles. The number of halogens is 5. The van der Waals surface area contributed by atoms with Gasteiger partial charge in [-0.3, -0.25) is 0 Å². The van der Waals surface area contributed by atoms with Crippen LogP contribution in [0.3, 0.4) is 0 Å². The minimum atomic E-state index is -2.50. The number of hydrogen-bond acceptors (Lipinski definition) is 1. The third-order valence-electron chi connectivity index (χ3n) is 2.68. The number of rotatable bonds is 4. The summed E-state index contributed by atoms with van der Waals surface area (Å²) in [7, 11) is 0. The van der Waals surface area contributed by atoms with Crippen LogP contribution in [0, 0.1) is 5.82 Å². The zero-order chi connectivity index (χ0) is 14.7. The van der Waals surface area contributed by atoms with E-state index in [2.05, 4.69) is 21.2 Å². The van der Waals surface area contributed by atoms with Gasteiger partial charge in [0.2, 0.25) is 0 Å². The maximum atomic E-state index is 13.1. The highest BCUT2D eigenvalue weighted by Crippen LogP contribution is 2.32. The van der Waals surface area contributed by atoms with E-state index < -0.39 is 12.2 Å². The van der Waals surface area contributed by atoms with E-state index in [9.17, 15) is 13.2 Å². The van der Waals surface area contributed by atoms with Crippen LogP contribution in [0.2, 0.25) is 5.02 Å². The van der Waals surface area contributed by atoms with Crippen molar-refractivity contribution in [1.82, 2.24) is 0 Å². The summed E-state index contributed by atoms with van der Waals surface area (Å²) in [5.41, 5.74) is 1.18. The maximum absolute atomic E-state index is 13.1. The van der Waals surface area contributed by atoms with Crippen LogP contribution < -0.4 is 5.32 Å². The first-order chi connectivity index (χ1) is 9.47. The van der Waals surface area contributed by atoms with E-state index >= 15 is 0 Å². The van der Waals surface area contributed by atoms with E-state index in [0.29, 0.717) is 22.3 Å². The Balaban J connectivity index is 2.15. The average molecular weight is 365 g/mol. The molecule has 0 spiro atoms. The molecule has 2 aromatic rings. The van der Waals surface area contributed by atoms with E-state index in [1.807, 2.05) is 0 Å². The SMILES string of the molecule is Fc1cc(Cl)c(NCc2cccc(C(F)F)c2)c(Br)c1. The van der Waals surface area contributed by atoms with Crippen molar-refractivity contribution in [3.05, 3.63) is 62.8 Å². The van der Waals surface area contributed by atoms with Crippen LogP contribution >= 0.6 is 27.5 Å². The summed E-state index contributed by atoms with van der Waals surface area (Å²) >= 11 is 9.13. The Kier molecular flexibility index (Phi) is 4.94. The van der Waals surface area contributed by atoms with Gasteiger partial charge in [-0.25, -0.2) is 13.2 Å². The highest BCUT2D eigenvalue weighted by atomic mass is 79.9. The summed E-state index contributed by atoms with van der Waals surface area (Å²) in [6.07, 6.45) is -2.50. The van der Waals surface area contributed by atoms with Gasteiger partial charge in [-0.2, -0.15) is 0 Å². The molecule has 0 unspecified atom stereocenters. The zero-order valence-electron chi connectivity index (χ0n) is 10.1. The highest BCUT2D eigenvalue weighted by molar-refractivity contribution is 9.10. The van der Waals surface area contributed by atoms with Crippen molar-refractivity contribution in [2.75, 3.05) is 5.32 Å². The fraction of sp³-hybridized carbons (Fsp3) is 0.143. The van der Waals surface area contributed by atoms with E-state index in [-0.39, 0.29) is 10.6 Å². The molecule has 20 heavy (non-hydrogen) atoms. The summed E-state index contributed by atoms with van der Waals surface area (Å²) in [4.78, 5) is 0. The molecule has 0 radical (unpaired) electrons. The standard InChI is InChI=1S/C14H10BrClF3N/c15-11-5-10(17)6-12(16)13(11)20-7-8-2-1-3-9(4-8)14(18)19/h1-6,14,20H,7H2. The number of nitrogens with one attached hydrogen (secondary N) is 1. The van der Waals surface area contributed by atoms with Gasteiger partial charge in [-0.05, 0) is 39.7 Å². The van der Waals surface area contributed by atoms with Crippen LogP contribution in [0.4, 0.5) is 18.9 Å². The Morgan fingerprint density at radius 1 is 1.20 bits per heavy atom. The molecule has 2 rings (SSSR count). The van der Waals surface area contributed by atoms with Crippen molar-refractivity contribution in [1.29, 1.82) is 0 Å². The van der Waals surface area contributed by atoms with Gasteiger partial charge in [-0.15, -0.1) is 0 Å². The molecule has 0 aromatic heterocycles. The molecule has 1 N–H and O–H groups in total. The molecule has 6 heteroatoms. The number of anilines is 1. The molecule has 0 saturated carbocycles. The second-order valence-electron chi connectivity index (χ2n) is 4.14. The molecule has 106 valence electrons.